The van der Waals surface area contributed by atoms with Crippen molar-refractivity contribution in [1.29, 1.82) is 0 Å². The third-order valence-corrected chi connectivity index (χ3v) is 1.96. The molecule has 0 spiro atoms. The number of nitrogens with zero attached hydrogens (tertiary/aromatic N) is 4. The van der Waals surface area contributed by atoms with E-state index in [0.29, 0.717) is 11.6 Å². The molecule has 0 aromatic carbocycles. The maximum Gasteiger partial charge on any atom is 0.156 e. The highest BCUT2D eigenvalue weighted by Crippen LogP contribution is 2.15. The normalized spacial score (nSPS) is 9.81. The molecule has 80 valence electrons. The van der Waals surface area contributed by atoms with E-state index < -0.39 is 0 Å². The summed E-state index contributed by atoms with van der Waals surface area (Å²) in [6, 6.07) is 7.44. The first-order chi connectivity index (χ1) is 7.78. The second kappa shape index (κ2) is 4.48. The van der Waals surface area contributed by atoms with E-state index in [2.05, 4.69) is 32.0 Å². The Labute approximate surface area is 93.3 Å². The van der Waals surface area contributed by atoms with E-state index in [0.717, 1.165) is 11.5 Å². The summed E-state index contributed by atoms with van der Waals surface area (Å²) in [5.41, 5.74) is 0.945. The van der Waals surface area contributed by atoms with Crippen LogP contribution >= 0.6 is 0 Å². The first-order valence-corrected chi connectivity index (χ1v) is 4.77. The van der Waals surface area contributed by atoms with Crippen LogP contribution in [0.4, 0.5) is 17.5 Å². The van der Waals surface area contributed by atoms with Gasteiger partial charge in [0.25, 0.3) is 0 Å². The Kier molecular flexibility index (Phi) is 2.86. The fourth-order valence-electron chi connectivity index (χ4n) is 1.25. The van der Waals surface area contributed by atoms with E-state index in [1.165, 1.54) is 6.33 Å². The Morgan fingerprint density at radius 2 is 2.12 bits per heavy atom. The van der Waals surface area contributed by atoms with Crippen molar-refractivity contribution in [2.75, 3.05) is 5.32 Å². The molecule has 0 aliphatic carbocycles. The quantitative estimate of drug-likeness (QED) is 0.794. The zero-order valence-electron chi connectivity index (χ0n) is 8.88. The molecule has 0 aliphatic rings. The van der Waals surface area contributed by atoms with Crippen molar-refractivity contribution in [2.24, 2.45) is 4.99 Å². The highest BCUT2D eigenvalue weighted by Gasteiger charge is 1.98. The van der Waals surface area contributed by atoms with E-state index in [4.69, 9.17) is 0 Å². The lowest BCUT2D eigenvalue weighted by Gasteiger charge is -2.04. The first-order valence-electron chi connectivity index (χ1n) is 4.77. The predicted octanol–water partition coefficient (Wildman–Crippen LogP) is 2.26. The molecule has 0 amide bonds. The van der Waals surface area contributed by atoms with Gasteiger partial charge in [-0.2, -0.15) is 0 Å². The Morgan fingerprint density at radius 1 is 1.25 bits per heavy atom. The molecule has 0 unspecified atom stereocenters. The zero-order valence-corrected chi connectivity index (χ0v) is 8.88. The monoisotopic (exact) mass is 213 g/mol. The Hall–Kier alpha value is -2.30. The summed E-state index contributed by atoms with van der Waals surface area (Å²) >= 11 is 0. The average Bonchev–Trinajstić information content (AvgIpc) is 2.29. The van der Waals surface area contributed by atoms with Gasteiger partial charge in [-0.15, -0.1) is 0 Å². The van der Waals surface area contributed by atoms with E-state index in [9.17, 15) is 0 Å². The van der Waals surface area contributed by atoms with Crippen LogP contribution < -0.4 is 5.32 Å². The SMILES string of the molecule is C=Nc1cc(Nc2cccc(C)n2)ncn1. The van der Waals surface area contributed by atoms with Gasteiger partial charge in [0.15, 0.2) is 5.82 Å². The molecule has 16 heavy (non-hydrogen) atoms. The number of pyridine rings is 1. The molecule has 0 saturated heterocycles. The van der Waals surface area contributed by atoms with E-state index >= 15 is 0 Å². The molecule has 2 aromatic rings. The minimum absolute atomic E-state index is 0.533. The molecule has 2 aromatic heterocycles. The number of hydrogen-bond acceptors (Lipinski definition) is 5. The second-order valence-corrected chi connectivity index (χ2v) is 3.21. The van der Waals surface area contributed by atoms with Crippen molar-refractivity contribution in [2.45, 2.75) is 6.92 Å². The Bertz CT molecular complexity index is 509. The summed E-state index contributed by atoms with van der Waals surface area (Å²) < 4.78 is 0. The van der Waals surface area contributed by atoms with Crippen molar-refractivity contribution in [3.05, 3.63) is 36.3 Å². The smallest absolute Gasteiger partial charge is 0.156 e. The molecular weight excluding hydrogens is 202 g/mol. The van der Waals surface area contributed by atoms with Gasteiger partial charge in [-0.3, -0.25) is 0 Å². The van der Waals surface area contributed by atoms with Crippen LogP contribution in [0.2, 0.25) is 0 Å². The van der Waals surface area contributed by atoms with Crippen LogP contribution in [0.25, 0.3) is 0 Å². The molecular formula is C11H11N5. The molecule has 0 aliphatic heterocycles. The Balaban J connectivity index is 2.23. The topological polar surface area (TPSA) is 63.1 Å². The van der Waals surface area contributed by atoms with E-state index in [-0.39, 0.29) is 0 Å². The van der Waals surface area contributed by atoms with Crippen molar-refractivity contribution < 1.29 is 0 Å². The van der Waals surface area contributed by atoms with Gasteiger partial charge in [0, 0.05) is 11.8 Å². The van der Waals surface area contributed by atoms with Crippen molar-refractivity contribution >= 4 is 24.2 Å². The van der Waals surface area contributed by atoms with Crippen molar-refractivity contribution in [3.63, 3.8) is 0 Å². The van der Waals surface area contributed by atoms with Crippen LogP contribution in [0.1, 0.15) is 5.69 Å². The minimum atomic E-state index is 0.533. The third kappa shape index (κ3) is 2.38. The predicted molar refractivity (Wildman–Crippen MR) is 63.5 cm³/mol. The van der Waals surface area contributed by atoms with Gasteiger partial charge in [-0.05, 0) is 25.8 Å². The summed E-state index contributed by atoms with van der Waals surface area (Å²) in [5, 5.41) is 3.07. The lowest BCUT2D eigenvalue weighted by Crippen LogP contribution is -1.96. The number of aromatic nitrogens is 3. The number of hydrogen-bond donors (Lipinski definition) is 1. The van der Waals surface area contributed by atoms with Gasteiger partial charge in [-0.1, -0.05) is 6.07 Å². The zero-order chi connectivity index (χ0) is 11.4. The van der Waals surface area contributed by atoms with Crippen LogP contribution in [0.5, 0.6) is 0 Å². The third-order valence-electron chi connectivity index (χ3n) is 1.96. The van der Waals surface area contributed by atoms with Gasteiger partial charge in [0.1, 0.15) is 18.0 Å². The fraction of sp³-hybridized carbons (Fsp3) is 0.0909. The van der Waals surface area contributed by atoms with Crippen molar-refractivity contribution in [3.8, 4) is 0 Å². The fourth-order valence-corrected chi connectivity index (χ4v) is 1.25. The van der Waals surface area contributed by atoms with Crippen LogP contribution in [0, 0.1) is 6.92 Å². The minimum Gasteiger partial charge on any atom is -0.325 e. The molecule has 0 atom stereocenters. The van der Waals surface area contributed by atoms with Gasteiger partial charge >= 0.3 is 0 Å². The molecule has 2 heterocycles. The second-order valence-electron chi connectivity index (χ2n) is 3.21. The lowest BCUT2D eigenvalue weighted by molar-refractivity contribution is 1.14. The number of rotatable bonds is 3. The standard InChI is InChI=1S/C11H11N5/c1-8-4-3-5-9(15-8)16-11-6-10(12-2)13-7-14-11/h3-7H,2H2,1H3,(H,13,14,15,16). The lowest BCUT2D eigenvalue weighted by atomic mass is 10.4. The van der Waals surface area contributed by atoms with Gasteiger partial charge in [0.05, 0.1) is 0 Å². The molecule has 5 nitrogen and oxygen atoms in total. The van der Waals surface area contributed by atoms with Crippen LogP contribution in [0.15, 0.2) is 35.6 Å². The van der Waals surface area contributed by atoms with Crippen LogP contribution in [0.3, 0.4) is 0 Å². The number of anilines is 2. The maximum absolute atomic E-state index is 4.31. The summed E-state index contributed by atoms with van der Waals surface area (Å²) in [6.07, 6.45) is 1.43. The first kappa shape index (κ1) is 10.2. The van der Waals surface area contributed by atoms with Crippen LogP contribution in [-0.4, -0.2) is 21.7 Å². The molecule has 0 radical (unpaired) electrons. The molecule has 0 fully saturated rings. The van der Waals surface area contributed by atoms with Gasteiger partial charge < -0.3 is 5.32 Å². The van der Waals surface area contributed by atoms with E-state index in [1.807, 2.05) is 25.1 Å². The summed E-state index contributed by atoms with van der Waals surface area (Å²) in [4.78, 5) is 16.0. The molecule has 1 N–H and O–H groups in total. The Morgan fingerprint density at radius 3 is 2.88 bits per heavy atom. The highest BCUT2D eigenvalue weighted by atomic mass is 15.1. The highest BCUT2D eigenvalue weighted by molar-refractivity contribution is 5.55. The molecule has 0 saturated carbocycles. The van der Waals surface area contributed by atoms with Crippen molar-refractivity contribution in [1.82, 2.24) is 15.0 Å². The molecule has 5 heteroatoms. The van der Waals surface area contributed by atoms with Gasteiger partial charge in [0.2, 0.25) is 0 Å². The number of nitrogens with one attached hydrogen (secondary N) is 1. The maximum atomic E-state index is 4.31. The number of aryl methyl sites for hydroxylation is 1. The average molecular weight is 213 g/mol. The molecule has 2 rings (SSSR count). The van der Waals surface area contributed by atoms with Crippen LogP contribution in [-0.2, 0) is 0 Å². The largest absolute Gasteiger partial charge is 0.325 e. The summed E-state index contributed by atoms with van der Waals surface area (Å²) in [5.74, 6) is 1.93. The van der Waals surface area contributed by atoms with Gasteiger partial charge in [-0.25, -0.2) is 19.9 Å². The number of aliphatic imine (C=N–C) groups is 1. The summed E-state index contributed by atoms with van der Waals surface area (Å²) in [6.45, 7) is 5.34. The molecule has 0 bridgehead atoms. The van der Waals surface area contributed by atoms with E-state index in [1.54, 1.807) is 6.07 Å². The summed E-state index contributed by atoms with van der Waals surface area (Å²) in [7, 11) is 0.